The molecule has 0 fully saturated rings. The molecule has 0 amide bonds. The molecular formula is C11H11N7O2. The molecule has 3 aromatic rings. The van der Waals surface area contributed by atoms with Crippen molar-refractivity contribution in [2.75, 3.05) is 5.32 Å². The fourth-order valence-corrected chi connectivity index (χ4v) is 1.89. The second-order valence-corrected chi connectivity index (χ2v) is 4.19. The average Bonchev–Trinajstić information content (AvgIpc) is 3.04. The number of rotatable bonds is 4. The molecule has 3 heterocycles. The van der Waals surface area contributed by atoms with E-state index in [0.717, 1.165) is 0 Å². The van der Waals surface area contributed by atoms with E-state index < -0.39 is 12.0 Å². The molecule has 0 spiro atoms. The predicted octanol–water partition coefficient (Wildman–Crippen LogP) is 0.324. The maximum atomic E-state index is 11.4. The molecule has 1 unspecified atom stereocenters. The number of aryl methyl sites for hydroxylation is 1. The van der Waals surface area contributed by atoms with Gasteiger partial charge in [0.2, 0.25) is 0 Å². The van der Waals surface area contributed by atoms with Gasteiger partial charge in [0.1, 0.15) is 11.8 Å². The van der Waals surface area contributed by atoms with Crippen LogP contribution >= 0.6 is 0 Å². The van der Waals surface area contributed by atoms with E-state index in [1.54, 1.807) is 17.9 Å². The molecule has 3 aromatic heterocycles. The zero-order chi connectivity index (χ0) is 14.1. The maximum Gasteiger partial charge on any atom is 0.330 e. The van der Waals surface area contributed by atoms with Crippen LogP contribution in [0.25, 0.3) is 11.2 Å². The lowest BCUT2D eigenvalue weighted by molar-refractivity contribution is -0.138. The summed E-state index contributed by atoms with van der Waals surface area (Å²) < 4.78 is 1.54. The minimum absolute atomic E-state index is 0.378. The highest BCUT2D eigenvalue weighted by atomic mass is 16.4. The monoisotopic (exact) mass is 273 g/mol. The standard InChI is InChI=1S/C11H11N7O2/c1-18-3-6(2-16-18)7(11(19)20)17-10-8-9(13-4-12-8)14-5-15-10/h2-5,7H,1H3,(H,19,20)(H2,12,13,14,15,17). The van der Waals surface area contributed by atoms with Gasteiger partial charge in [-0.2, -0.15) is 5.10 Å². The minimum atomic E-state index is -1.02. The van der Waals surface area contributed by atoms with Crippen molar-refractivity contribution in [1.82, 2.24) is 29.7 Å². The lowest BCUT2D eigenvalue weighted by Crippen LogP contribution is -2.21. The van der Waals surface area contributed by atoms with Crippen LogP contribution < -0.4 is 5.32 Å². The Morgan fingerprint density at radius 1 is 1.45 bits per heavy atom. The summed E-state index contributed by atoms with van der Waals surface area (Å²) >= 11 is 0. The molecule has 0 aliphatic rings. The van der Waals surface area contributed by atoms with Crippen molar-refractivity contribution in [3.63, 3.8) is 0 Å². The molecule has 0 radical (unpaired) electrons. The van der Waals surface area contributed by atoms with E-state index in [4.69, 9.17) is 0 Å². The summed E-state index contributed by atoms with van der Waals surface area (Å²) in [5.74, 6) is -0.645. The third-order valence-electron chi connectivity index (χ3n) is 2.81. The Morgan fingerprint density at radius 2 is 2.30 bits per heavy atom. The number of imidazole rings is 1. The van der Waals surface area contributed by atoms with Gasteiger partial charge in [-0.15, -0.1) is 0 Å². The number of aromatic amines is 1. The number of H-pyrrole nitrogens is 1. The summed E-state index contributed by atoms with van der Waals surface area (Å²) in [6, 6.07) is -0.954. The number of carboxylic acid groups (broad SMARTS) is 1. The summed E-state index contributed by atoms with van der Waals surface area (Å²) in [5, 5.41) is 16.2. The van der Waals surface area contributed by atoms with Crippen molar-refractivity contribution in [1.29, 1.82) is 0 Å². The Bertz CT molecular complexity index is 763. The van der Waals surface area contributed by atoms with Gasteiger partial charge in [-0.25, -0.2) is 19.7 Å². The number of fused-ring (bicyclic) bond motifs is 1. The van der Waals surface area contributed by atoms with E-state index in [0.29, 0.717) is 22.5 Å². The lowest BCUT2D eigenvalue weighted by atomic mass is 10.1. The number of nitrogens with one attached hydrogen (secondary N) is 2. The number of aromatic nitrogens is 6. The smallest absolute Gasteiger partial charge is 0.330 e. The zero-order valence-corrected chi connectivity index (χ0v) is 10.5. The average molecular weight is 273 g/mol. The molecule has 9 heteroatoms. The third kappa shape index (κ3) is 2.05. The normalized spacial score (nSPS) is 12.4. The van der Waals surface area contributed by atoms with Crippen molar-refractivity contribution < 1.29 is 9.90 Å². The number of carbonyl (C=O) groups is 1. The highest BCUT2D eigenvalue weighted by Crippen LogP contribution is 2.22. The Balaban J connectivity index is 1.98. The second-order valence-electron chi connectivity index (χ2n) is 4.19. The highest BCUT2D eigenvalue weighted by Gasteiger charge is 2.23. The van der Waals surface area contributed by atoms with Crippen LogP contribution in [0.5, 0.6) is 0 Å². The first-order chi connectivity index (χ1) is 9.65. The molecule has 0 saturated heterocycles. The van der Waals surface area contributed by atoms with Gasteiger partial charge in [0.25, 0.3) is 0 Å². The van der Waals surface area contributed by atoms with Gasteiger partial charge in [0.15, 0.2) is 17.5 Å². The molecule has 0 aliphatic heterocycles. The summed E-state index contributed by atoms with van der Waals surface area (Å²) in [7, 11) is 1.72. The number of hydrogen-bond donors (Lipinski definition) is 3. The van der Waals surface area contributed by atoms with Crippen molar-refractivity contribution in [3.05, 3.63) is 30.6 Å². The topological polar surface area (TPSA) is 122 Å². The predicted molar refractivity (Wildman–Crippen MR) is 68.9 cm³/mol. The summed E-state index contributed by atoms with van der Waals surface area (Å²) in [5.41, 5.74) is 1.56. The Hall–Kier alpha value is -2.97. The molecule has 0 saturated carbocycles. The fourth-order valence-electron chi connectivity index (χ4n) is 1.89. The van der Waals surface area contributed by atoms with Gasteiger partial charge < -0.3 is 15.4 Å². The van der Waals surface area contributed by atoms with Crippen LogP contribution in [-0.4, -0.2) is 40.8 Å². The molecule has 1 atom stereocenters. The quantitative estimate of drug-likeness (QED) is 0.625. The number of anilines is 1. The number of nitrogens with zero attached hydrogens (tertiary/aromatic N) is 5. The van der Waals surface area contributed by atoms with E-state index in [-0.39, 0.29) is 0 Å². The van der Waals surface area contributed by atoms with Gasteiger partial charge in [-0.05, 0) is 0 Å². The van der Waals surface area contributed by atoms with Crippen molar-refractivity contribution in [2.45, 2.75) is 6.04 Å². The number of carboxylic acids is 1. The molecule has 9 nitrogen and oxygen atoms in total. The van der Waals surface area contributed by atoms with E-state index >= 15 is 0 Å². The lowest BCUT2D eigenvalue weighted by Gasteiger charge is -2.13. The Morgan fingerprint density at radius 3 is 3.00 bits per heavy atom. The van der Waals surface area contributed by atoms with E-state index in [1.165, 1.54) is 18.9 Å². The maximum absolute atomic E-state index is 11.4. The van der Waals surface area contributed by atoms with Gasteiger partial charge in [-0.3, -0.25) is 4.68 Å². The van der Waals surface area contributed by atoms with E-state index in [2.05, 4.69) is 30.4 Å². The van der Waals surface area contributed by atoms with Gasteiger partial charge in [0.05, 0.1) is 12.5 Å². The van der Waals surface area contributed by atoms with Crippen molar-refractivity contribution in [3.8, 4) is 0 Å². The second kappa shape index (κ2) is 4.61. The van der Waals surface area contributed by atoms with Gasteiger partial charge in [0, 0.05) is 18.8 Å². The van der Waals surface area contributed by atoms with Gasteiger partial charge in [-0.1, -0.05) is 0 Å². The first-order valence-electron chi connectivity index (χ1n) is 5.77. The van der Waals surface area contributed by atoms with Crippen molar-refractivity contribution >= 4 is 23.0 Å². The molecule has 0 bridgehead atoms. The largest absolute Gasteiger partial charge is 0.479 e. The van der Waals surface area contributed by atoms with Crippen LogP contribution in [0.3, 0.4) is 0 Å². The van der Waals surface area contributed by atoms with E-state index in [9.17, 15) is 9.90 Å². The highest BCUT2D eigenvalue weighted by molar-refractivity contribution is 5.86. The first-order valence-corrected chi connectivity index (χ1v) is 5.77. The molecular weight excluding hydrogens is 262 g/mol. The van der Waals surface area contributed by atoms with Crippen LogP contribution in [0.2, 0.25) is 0 Å². The molecule has 20 heavy (non-hydrogen) atoms. The number of hydrogen-bond acceptors (Lipinski definition) is 6. The molecule has 0 aromatic carbocycles. The van der Waals surface area contributed by atoms with Gasteiger partial charge >= 0.3 is 5.97 Å². The van der Waals surface area contributed by atoms with Crippen LogP contribution in [-0.2, 0) is 11.8 Å². The molecule has 0 aliphatic carbocycles. The fraction of sp³-hybridized carbons (Fsp3) is 0.182. The zero-order valence-electron chi connectivity index (χ0n) is 10.5. The van der Waals surface area contributed by atoms with Crippen LogP contribution in [0, 0.1) is 0 Å². The Labute approximate surface area is 112 Å². The SMILES string of the molecule is Cn1cc(C(Nc2ncnc3nc[nH]c23)C(=O)O)cn1. The summed E-state index contributed by atoms with van der Waals surface area (Å²) in [6.07, 6.45) is 5.94. The molecule has 3 N–H and O–H groups in total. The van der Waals surface area contributed by atoms with Crippen LogP contribution in [0.4, 0.5) is 5.82 Å². The molecule has 102 valence electrons. The van der Waals surface area contributed by atoms with Crippen LogP contribution in [0.15, 0.2) is 25.0 Å². The first kappa shape index (κ1) is 12.1. The molecule has 3 rings (SSSR count). The van der Waals surface area contributed by atoms with Crippen LogP contribution in [0.1, 0.15) is 11.6 Å². The Kier molecular flexibility index (Phi) is 2.78. The summed E-state index contributed by atoms with van der Waals surface area (Å²) in [6.45, 7) is 0. The number of aliphatic carboxylic acids is 1. The van der Waals surface area contributed by atoms with E-state index in [1.807, 2.05) is 0 Å². The van der Waals surface area contributed by atoms with Crippen molar-refractivity contribution in [2.24, 2.45) is 7.05 Å². The minimum Gasteiger partial charge on any atom is -0.479 e. The third-order valence-corrected chi connectivity index (χ3v) is 2.81. The summed E-state index contributed by atoms with van der Waals surface area (Å²) in [4.78, 5) is 26.3.